The molecule has 7 heteroatoms. The van der Waals surface area contributed by atoms with Crippen LogP contribution in [-0.2, 0) is 11.2 Å². The van der Waals surface area contributed by atoms with E-state index in [2.05, 4.69) is 50.4 Å². The third-order valence-corrected chi connectivity index (χ3v) is 6.14. The monoisotopic (exact) mass is 396 g/mol. The summed E-state index contributed by atoms with van der Waals surface area (Å²) in [5, 5.41) is 14.6. The molecule has 0 aliphatic rings. The molecule has 1 N–H and O–H groups in total. The van der Waals surface area contributed by atoms with Crippen molar-refractivity contribution in [2.75, 3.05) is 11.1 Å². The summed E-state index contributed by atoms with van der Waals surface area (Å²) in [6.07, 6.45) is 0.807. The van der Waals surface area contributed by atoms with E-state index in [1.807, 2.05) is 26.0 Å². The van der Waals surface area contributed by atoms with Crippen LogP contribution in [0.15, 0.2) is 40.7 Å². The number of amides is 1. The van der Waals surface area contributed by atoms with E-state index >= 15 is 0 Å². The van der Waals surface area contributed by atoms with Gasteiger partial charge in [0.2, 0.25) is 5.91 Å². The molecular weight excluding hydrogens is 376 g/mol. The molecule has 27 heavy (non-hydrogen) atoms. The second-order valence-electron chi connectivity index (χ2n) is 6.52. The van der Waals surface area contributed by atoms with Crippen molar-refractivity contribution in [2.24, 2.45) is 0 Å². The van der Waals surface area contributed by atoms with Crippen LogP contribution < -0.4 is 5.32 Å². The minimum absolute atomic E-state index is 0.0436. The molecule has 3 aromatic heterocycles. The van der Waals surface area contributed by atoms with Crippen LogP contribution >= 0.6 is 23.1 Å². The fourth-order valence-electron chi connectivity index (χ4n) is 3.27. The topological polar surface area (TPSA) is 59.3 Å². The summed E-state index contributed by atoms with van der Waals surface area (Å²) in [6, 6.07) is 10.3. The smallest absolute Gasteiger partial charge is 0.234 e. The molecule has 0 unspecified atom stereocenters. The number of carbonyl (C=O) groups excluding carboxylic acids is 1. The third kappa shape index (κ3) is 3.57. The number of benzene rings is 1. The van der Waals surface area contributed by atoms with E-state index < -0.39 is 0 Å². The summed E-state index contributed by atoms with van der Waals surface area (Å²) < 4.78 is 3.37. The number of aromatic nitrogens is 3. The van der Waals surface area contributed by atoms with Gasteiger partial charge in [0.05, 0.1) is 21.5 Å². The van der Waals surface area contributed by atoms with Gasteiger partial charge in [-0.3, -0.25) is 9.20 Å². The van der Waals surface area contributed by atoms with Crippen molar-refractivity contribution in [2.45, 2.75) is 32.2 Å². The number of nitrogens with zero attached hydrogens (tertiary/aromatic N) is 3. The van der Waals surface area contributed by atoms with Crippen LogP contribution in [0, 0.1) is 13.8 Å². The van der Waals surface area contributed by atoms with Crippen LogP contribution in [0.2, 0.25) is 0 Å². The van der Waals surface area contributed by atoms with E-state index in [4.69, 9.17) is 0 Å². The minimum Gasteiger partial charge on any atom is -0.325 e. The van der Waals surface area contributed by atoms with Gasteiger partial charge in [0.1, 0.15) is 10.9 Å². The molecule has 138 valence electrons. The quantitative estimate of drug-likeness (QED) is 0.490. The zero-order chi connectivity index (χ0) is 19.0. The minimum atomic E-state index is -0.0436. The van der Waals surface area contributed by atoms with Crippen molar-refractivity contribution in [1.29, 1.82) is 0 Å². The number of nitrogens with one attached hydrogen (secondary N) is 1. The highest BCUT2D eigenvalue weighted by Crippen LogP contribution is 2.31. The average molecular weight is 397 g/mol. The van der Waals surface area contributed by atoms with E-state index in [0.29, 0.717) is 5.75 Å². The number of thioether (sulfide) groups is 1. The zero-order valence-electron chi connectivity index (χ0n) is 15.4. The number of hydrogen-bond acceptors (Lipinski definition) is 5. The largest absolute Gasteiger partial charge is 0.325 e. The lowest BCUT2D eigenvalue weighted by molar-refractivity contribution is -0.113. The number of aryl methyl sites for hydroxylation is 3. The summed E-state index contributed by atoms with van der Waals surface area (Å²) in [4.78, 5) is 12.4. The molecular formula is C20H20N4OS2. The molecule has 4 rings (SSSR count). The van der Waals surface area contributed by atoms with E-state index in [9.17, 15) is 4.79 Å². The van der Waals surface area contributed by atoms with E-state index in [0.717, 1.165) is 45.1 Å². The van der Waals surface area contributed by atoms with Gasteiger partial charge in [0, 0.05) is 12.1 Å². The maximum Gasteiger partial charge on any atom is 0.234 e. The first-order valence-electron chi connectivity index (χ1n) is 8.80. The Kier molecular flexibility index (Phi) is 4.88. The van der Waals surface area contributed by atoms with E-state index in [-0.39, 0.29) is 5.91 Å². The lowest BCUT2D eigenvalue weighted by Gasteiger charge is -2.09. The second kappa shape index (κ2) is 7.32. The highest BCUT2D eigenvalue weighted by Gasteiger charge is 2.15. The van der Waals surface area contributed by atoms with Crippen molar-refractivity contribution in [3.8, 4) is 0 Å². The average Bonchev–Trinajstić information content (AvgIpc) is 3.20. The summed E-state index contributed by atoms with van der Waals surface area (Å²) in [7, 11) is 0. The van der Waals surface area contributed by atoms with Crippen molar-refractivity contribution in [3.05, 3.63) is 52.7 Å². The number of rotatable bonds is 5. The summed E-state index contributed by atoms with van der Waals surface area (Å²) >= 11 is 3.13. The molecule has 3 heterocycles. The maximum atomic E-state index is 12.4. The second-order valence-corrected chi connectivity index (χ2v) is 8.43. The molecule has 0 saturated heterocycles. The SMILES string of the molecule is CCc1nnc(SCC(=O)Nc2cc(C)cc(C)c2)c2cc3sccc3n12. The molecule has 0 atom stereocenters. The first kappa shape index (κ1) is 18.0. The van der Waals surface area contributed by atoms with Gasteiger partial charge in [0.25, 0.3) is 0 Å². The predicted molar refractivity (Wildman–Crippen MR) is 113 cm³/mol. The number of anilines is 1. The van der Waals surface area contributed by atoms with Crippen LogP contribution in [0.5, 0.6) is 0 Å². The number of fused-ring (bicyclic) bond motifs is 3. The van der Waals surface area contributed by atoms with Gasteiger partial charge >= 0.3 is 0 Å². The highest BCUT2D eigenvalue weighted by molar-refractivity contribution is 8.00. The normalized spacial score (nSPS) is 11.4. The third-order valence-electron chi connectivity index (χ3n) is 4.32. The lowest BCUT2D eigenvalue weighted by Crippen LogP contribution is -2.14. The van der Waals surface area contributed by atoms with Crippen molar-refractivity contribution >= 4 is 50.4 Å². The van der Waals surface area contributed by atoms with Crippen LogP contribution in [0.4, 0.5) is 5.69 Å². The standard InChI is InChI=1S/C20H20N4OS2/c1-4-18-22-23-20(16-10-17-15(24(16)18)5-6-26-17)27-11-19(25)21-14-8-12(2)7-13(3)9-14/h5-10H,4,11H2,1-3H3,(H,21,25). The van der Waals surface area contributed by atoms with Crippen LogP contribution in [0.1, 0.15) is 23.9 Å². The first-order valence-corrected chi connectivity index (χ1v) is 10.7. The van der Waals surface area contributed by atoms with Gasteiger partial charge in [-0.25, -0.2) is 0 Å². The van der Waals surface area contributed by atoms with Crippen molar-refractivity contribution in [3.63, 3.8) is 0 Å². The van der Waals surface area contributed by atoms with Crippen molar-refractivity contribution < 1.29 is 4.79 Å². The first-order chi connectivity index (χ1) is 13.0. The van der Waals surface area contributed by atoms with Gasteiger partial charge < -0.3 is 5.32 Å². The number of thiophene rings is 1. The Labute approximate surface area is 165 Å². The molecule has 0 fully saturated rings. The molecule has 0 bridgehead atoms. The highest BCUT2D eigenvalue weighted by atomic mass is 32.2. The van der Waals surface area contributed by atoms with Gasteiger partial charge in [-0.15, -0.1) is 21.5 Å². The fraction of sp³-hybridized carbons (Fsp3) is 0.250. The molecule has 0 aliphatic heterocycles. The van der Waals surface area contributed by atoms with Crippen LogP contribution in [0.3, 0.4) is 0 Å². The van der Waals surface area contributed by atoms with Gasteiger partial charge in [-0.05, 0) is 54.6 Å². The molecule has 1 amide bonds. The summed E-state index contributed by atoms with van der Waals surface area (Å²) in [6.45, 7) is 6.13. The number of hydrogen-bond donors (Lipinski definition) is 1. The van der Waals surface area contributed by atoms with Crippen LogP contribution in [-0.4, -0.2) is 26.3 Å². The molecule has 0 aliphatic carbocycles. The molecule has 0 radical (unpaired) electrons. The van der Waals surface area contributed by atoms with Gasteiger partial charge in [-0.1, -0.05) is 24.8 Å². The van der Waals surface area contributed by atoms with Crippen LogP contribution in [0.25, 0.3) is 15.7 Å². The molecule has 0 spiro atoms. The number of carbonyl (C=O) groups is 1. The lowest BCUT2D eigenvalue weighted by atomic mass is 10.1. The molecule has 5 nitrogen and oxygen atoms in total. The van der Waals surface area contributed by atoms with E-state index in [1.54, 1.807) is 11.3 Å². The van der Waals surface area contributed by atoms with Gasteiger partial charge in [0.15, 0.2) is 0 Å². The maximum absolute atomic E-state index is 12.4. The summed E-state index contributed by atoms with van der Waals surface area (Å²) in [5.41, 5.74) is 5.28. The zero-order valence-corrected chi connectivity index (χ0v) is 17.1. The Balaban J connectivity index is 1.56. The fourth-order valence-corrected chi connectivity index (χ4v) is 4.81. The molecule has 1 aromatic carbocycles. The van der Waals surface area contributed by atoms with Crippen molar-refractivity contribution in [1.82, 2.24) is 14.6 Å². The molecule has 0 saturated carbocycles. The predicted octanol–water partition coefficient (Wildman–Crippen LogP) is 4.85. The Morgan fingerprint density at radius 3 is 2.67 bits per heavy atom. The van der Waals surface area contributed by atoms with E-state index in [1.165, 1.54) is 16.5 Å². The van der Waals surface area contributed by atoms with Gasteiger partial charge in [-0.2, -0.15) is 0 Å². The Morgan fingerprint density at radius 2 is 1.93 bits per heavy atom. The molecule has 4 aromatic rings. The Bertz CT molecular complexity index is 1130. The summed E-state index contributed by atoms with van der Waals surface area (Å²) in [5.74, 6) is 1.18. The Hall–Kier alpha value is -2.38. The Morgan fingerprint density at radius 1 is 1.15 bits per heavy atom.